The molecular weight excluding hydrogens is 270 g/mol. The van der Waals surface area contributed by atoms with Crippen LogP contribution >= 0.6 is 0 Å². The smallest absolute Gasteiger partial charge is 0.303 e. The third-order valence-corrected chi connectivity index (χ3v) is 3.23. The van der Waals surface area contributed by atoms with E-state index < -0.39 is 5.97 Å². The van der Waals surface area contributed by atoms with E-state index in [1.165, 1.54) is 0 Å². The van der Waals surface area contributed by atoms with Gasteiger partial charge in [0.15, 0.2) is 0 Å². The normalized spacial score (nSPS) is 11.4. The van der Waals surface area contributed by atoms with Crippen LogP contribution in [0.15, 0.2) is 6.07 Å². The van der Waals surface area contributed by atoms with Gasteiger partial charge in [0.2, 0.25) is 0 Å². The standard InChI is InChI=1S/C15H25N3O3/c1-15(2,3)12-10-11(18(4)17-12)14(21)16-9-7-5-6-8-13(19)20/h10H,5-9H2,1-4H3,(H,16,21)(H,19,20). The highest BCUT2D eigenvalue weighted by Crippen LogP contribution is 2.21. The number of unbranched alkanes of at least 4 members (excludes halogenated alkanes) is 2. The second kappa shape index (κ2) is 7.24. The van der Waals surface area contributed by atoms with Crippen LogP contribution in [0, 0.1) is 0 Å². The Labute approximate surface area is 125 Å². The third kappa shape index (κ3) is 5.57. The van der Waals surface area contributed by atoms with Gasteiger partial charge in [0, 0.05) is 25.4 Å². The number of nitrogens with one attached hydrogen (secondary N) is 1. The van der Waals surface area contributed by atoms with Crippen molar-refractivity contribution in [3.63, 3.8) is 0 Å². The minimum absolute atomic E-state index is 0.0902. The molecular formula is C15H25N3O3. The van der Waals surface area contributed by atoms with E-state index in [1.54, 1.807) is 11.7 Å². The zero-order chi connectivity index (χ0) is 16.0. The highest BCUT2D eigenvalue weighted by Gasteiger charge is 2.21. The van der Waals surface area contributed by atoms with Crippen LogP contribution in [0.25, 0.3) is 0 Å². The first-order valence-electron chi connectivity index (χ1n) is 7.26. The lowest BCUT2D eigenvalue weighted by Gasteiger charge is -2.13. The third-order valence-electron chi connectivity index (χ3n) is 3.23. The van der Waals surface area contributed by atoms with Gasteiger partial charge in [-0.05, 0) is 18.9 Å². The van der Waals surface area contributed by atoms with Crippen molar-refractivity contribution in [2.24, 2.45) is 7.05 Å². The molecule has 2 N–H and O–H groups in total. The molecule has 1 aromatic heterocycles. The number of carbonyl (C=O) groups excluding carboxylic acids is 1. The van der Waals surface area contributed by atoms with Gasteiger partial charge in [-0.3, -0.25) is 14.3 Å². The number of aliphatic carboxylic acids is 1. The van der Waals surface area contributed by atoms with Crippen LogP contribution in [0.5, 0.6) is 0 Å². The number of hydrogen-bond donors (Lipinski definition) is 2. The molecule has 0 saturated heterocycles. The fourth-order valence-electron chi connectivity index (χ4n) is 1.92. The summed E-state index contributed by atoms with van der Waals surface area (Å²) in [4.78, 5) is 22.4. The topological polar surface area (TPSA) is 84.2 Å². The van der Waals surface area contributed by atoms with Crippen LogP contribution in [0.4, 0.5) is 0 Å². The second-order valence-electron chi connectivity index (χ2n) is 6.25. The molecule has 118 valence electrons. The van der Waals surface area contributed by atoms with Gasteiger partial charge in [-0.1, -0.05) is 27.2 Å². The minimum atomic E-state index is -0.774. The van der Waals surface area contributed by atoms with Crippen molar-refractivity contribution in [3.05, 3.63) is 17.5 Å². The fourth-order valence-corrected chi connectivity index (χ4v) is 1.92. The number of amides is 1. The maximum atomic E-state index is 12.1. The van der Waals surface area contributed by atoms with Gasteiger partial charge in [0.1, 0.15) is 5.69 Å². The highest BCUT2D eigenvalue weighted by atomic mass is 16.4. The number of hydrogen-bond acceptors (Lipinski definition) is 3. The van der Waals surface area contributed by atoms with Crippen molar-refractivity contribution in [2.75, 3.05) is 6.54 Å². The molecule has 1 rings (SSSR count). The monoisotopic (exact) mass is 295 g/mol. The first kappa shape index (κ1) is 17.2. The first-order chi connectivity index (χ1) is 9.71. The first-order valence-corrected chi connectivity index (χ1v) is 7.26. The van der Waals surface area contributed by atoms with Gasteiger partial charge in [0.05, 0.1) is 5.69 Å². The van der Waals surface area contributed by atoms with Crippen LogP contribution < -0.4 is 5.32 Å². The van der Waals surface area contributed by atoms with Gasteiger partial charge < -0.3 is 10.4 Å². The van der Waals surface area contributed by atoms with E-state index in [-0.39, 0.29) is 17.7 Å². The Kier molecular flexibility index (Phi) is 5.93. The molecule has 0 saturated carbocycles. The zero-order valence-electron chi connectivity index (χ0n) is 13.3. The Balaban J connectivity index is 2.42. The van der Waals surface area contributed by atoms with Gasteiger partial charge in [0.25, 0.3) is 5.91 Å². The number of rotatable bonds is 7. The molecule has 6 nitrogen and oxygen atoms in total. The average Bonchev–Trinajstić information content (AvgIpc) is 2.75. The summed E-state index contributed by atoms with van der Waals surface area (Å²) in [5, 5.41) is 15.7. The largest absolute Gasteiger partial charge is 0.481 e. The molecule has 0 aromatic carbocycles. The number of carboxylic acids is 1. The fraction of sp³-hybridized carbons (Fsp3) is 0.667. The van der Waals surface area contributed by atoms with Crippen molar-refractivity contribution in [3.8, 4) is 0 Å². The summed E-state index contributed by atoms with van der Waals surface area (Å²) >= 11 is 0. The van der Waals surface area contributed by atoms with E-state index in [0.29, 0.717) is 18.7 Å². The number of carbonyl (C=O) groups is 2. The van der Waals surface area contributed by atoms with Crippen LogP contribution in [-0.2, 0) is 17.3 Å². The van der Waals surface area contributed by atoms with Gasteiger partial charge in [-0.2, -0.15) is 5.10 Å². The van der Waals surface area contributed by atoms with E-state index >= 15 is 0 Å². The molecule has 6 heteroatoms. The Morgan fingerprint density at radius 2 is 1.95 bits per heavy atom. The maximum absolute atomic E-state index is 12.1. The Hall–Kier alpha value is -1.85. The highest BCUT2D eigenvalue weighted by molar-refractivity contribution is 5.92. The van der Waals surface area contributed by atoms with Crippen molar-refractivity contribution < 1.29 is 14.7 Å². The molecule has 0 atom stereocenters. The summed E-state index contributed by atoms with van der Waals surface area (Å²) in [5.74, 6) is -0.914. The molecule has 0 aliphatic carbocycles. The van der Waals surface area contributed by atoms with Crippen LogP contribution in [0.3, 0.4) is 0 Å². The molecule has 0 aliphatic heterocycles. The number of aryl methyl sites for hydroxylation is 1. The molecule has 0 bridgehead atoms. The van der Waals surface area contributed by atoms with Crippen molar-refractivity contribution in [1.29, 1.82) is 0 Å². The molecule has 1 amide bonds. The lowest BCUT2D eigenvalue weighted by atomic mass is 9.92. The molecule has 1 heterocycles. The predicted octanol–water partition coefficient (Wildman–Crippen LogP) is 2.09. The predicted molar refractivity (Wildman–Crippen MR) is 80.3 cm³/mol. The van der Waals surface area contributed by atoms with Gasteiger partial charge in [-0.15, -0.1) is 0 Å². The van der Waals surface area contributed by atoms with E-state index in [9.17, 15) is 9.59 Å². The molecule has 0 spiro atoms. The van der Waals surface area contributed by atoms with E-state index in [2.05, 4.69) is 31.2 Å². The number of nitrogens with zero attached hydrogens (tertiary/aromatic N) is 2. The maximum Gasteiger partial charge on any atom is 0.303 e. The summed E-state index contributed by atoms with van der Waals surface area (Å²) in [6, 6.07) is 1.82. The summed E-state index contributed by atoms with van der Waals surface area (Å²) in [6.07, 6.45) is 2.41. The molecule has 0 fully saturated rings. The Bertz CT molecular complexity index is 501. The van der Waals surface area contributed by atoms with Gasteiger partial charge >= 0.3 is 5.97 Å². The van der Waals surface area contributed by atoms with Crippen LogP contribution in [0.2, 0.25) is 0 Å². The summed E-state index contributed by atoms with van der Waals surface area (Å²) < 4.78 is 1.60. The second-order valence-corrected chi connectivity index (χ2v) is 6.25. The SMILES string of the molecule is Cn1nc(C(C)(C)C)cc1C(=O)NCCCCCC(=O)O. The quantitative estimate of drug-likeness (QED) is 0.754. The summed E-state index contributed by atoms with van der Waals surface area (Å²) in [5.41, 5.74) is 1.34. The lowest BCUT2D eigenvalue weighted by molar-refractivity contribution is -0.137. The van der Waals surface area contributed by atoms with E-state index in [4.69, 9.17) is 5.11 Å². The van der Waals surface area contributed by atoms with Crippen molar-refractivity contribution in [1.82, 2.24) is 15.1 Å². The molecule has 0 radical (unpaired) electrons. The van der Waals surface area contributed by atoms with Crippen LogP contribution in [-0.4, -0.2) is 33.3 Å². The molecule has 0 aliphatic rings. The lowest BCUT2D eigenvalue weighted by Crippen LogP contribution is -2.26. The van der Waals surface area contributed by atoms with Crippen LogP contribution in [0.1, 0.15) is 62.6 Å². The molecule has 21 heavy (non-hydrogen) atoms. The minimum Gasteiger partial charge on any atom is -0.481 e. The Morgan fingerprint density at radius 1 is 1.29 bits per heavy atom. The van der Waals surface area contributed by atoms with Crippen molar-refractivity contribution >= 4 is 11.9 Å². The zero-order valence-corrected chi connectivity index (χ0v) is 13.3. The van der Waals surface area contributed by atoms with E-state index in [1.807, 2.05) is 6.07 Å². The Morgan fingerprint density at radius 3 is 2.48 bits per heavy atom. The summed E-state index contributed by atoms with van der Waals surface area (Å²) in [6.45, 7) is 6.72. The van der Waals surface area contributed by atoms with Crippen molar-refractivity contribution in [2.45, 2.75) is 51.9 Å². The number of carboxylic acid groups (broad SMARTS) is 1. The summed E-state index contributed by atoms with van der Waals surface area (Å²) in [7, 11) is 1.76. The average molecular weight is 295 g/mol. The molecule has 0 unspecified atom stereocenters. The van der Waals surface area contributed by atoms with Gasteiger partial charge in [-0.25, -0.2) is 0 Å². The number of aromatic nitrogens is 2. The molecule has 1 aromatic rings. The van der Waals surface area contributed by atoms with E-state index in [0.717, 1.165) is 18.5 Å².